The van der Waals surface area contributed by atoms with Crippen LogP contribution in [0.25, 0.3) is 10.9 Å². The fraction of sp³-hybridized carbons (Fsp3) is 0.400. The Bertz CT molecular complexity index is 742. The van der Waals surface area contributed by atoms with Crippen LogP contribution in [0, 0.1) is 5.41 Å². The van der Waals surface area contributed by atoms with Crippen LogP contribution in [-0.4, -0.2) is 37.8 Å². The zero-order valence-electron chi connectivity index (χ0n) is 13.0. The Labute approximate surface area is 138 Å². The number of benzene rings is 1. The van der Waals surface area contributed by atoms with Crippen molar-refractivity contribution in [2.45, 2.75) is 18.7 Å². The van der Waals surface area contributed by atoms with Crippen molar-refractivity contribution >= 4 is 33.3 Å². The molecule has 0 saturated heterocycles. The van der Waals surface area contributed by atoms with Crippen LogP contribution in [0.2, 0.25) is 0 Å². The van der Waals surface area contributed by atoms with E-state index in [2.05, 4.69) is 4.98 Å². The van der Waals surface area contributed by atoms with E-state index in [0.717, 1.165) is 5.39 Å². The molecule has 0 bridgehead atoms. The first-order valence-electron chi connectivity index (χ1n) is 6.78. The van der Waals surface area contributed by atoms with Crippen molar-refractivity contribution in [3.05, 3.63) is 36.5 Å². The minimum absolute atomic E-state index is 0. The van der Waals surface area contributed by atoms with E-state index < -0.39 is 10.0 Å². The van der Waals surface area contributed by atoms with E-state index in [1.54, 1.807) is 31.4 Å². The number of rotatable bonds is 5. The first-order valence-corrected chi connectivity index (χ1v) is 8.22. The van der Waals surface area contributed by atoms with Gasteiger partial charge in [0.1, 0.15) is 4.90 Å². The number of nitrogens with zero attached hydrogens (tertiary/aromatic N) is 2. The topological polar surface area (TPSA) is 76.3 Å². The SMILES string of the molecule is CN(CC(C)(C)CN)S(=O)(=O)c1cccc2cccnc12.Cl. The number of aromatic nitrogens is 1. The Balaban J connectivity index is 0.00000242. The van der Waals surface area contributed by atoms with Gasteiger partial charge in [0.05, 0.1) is 5.52 Å². The van der Waals surface area contributed by atoms with Gasteiger partial charge in [-0.05, 0) is 24.1 Å². The van der Waals surface area contributed by atoms with Crippen molar-refractivity contribution in [1.29, 1.82) is 0 Å². The maximum atomic E-state index is 12.8. The number of hydrogen-bond donors (Lipinski definition) is 1. The van der Waals surface area contributed by atoms with Crippen LogP contribution in [-0.2, 0) is 10.0 Å². The lowest BCUT2D eigenvalue weighted by molar-refractivity contribution is 0.292. The van der Waals surface area contributed by atoms with Crippen LogP contribution in [0.4, 0.5) is 0 Å². The summed E-state index contributed by atoms with van der Waals surface area (Å²) in [4.78, 5) is 4.45. The highest BCUT2D eigenvalue weighted by Crippen LogP contribution is 2.25. The number of halogens is 1. The van der Waals surface area contributed by atoms with Gasteiger partial charge in [-0.15, -0.1) is 12.4 Å². The highest BCUT2D eigenvalue weighted by Gasteiger charge is 2.28. The van der Waals surface area contributed by atoms with Crippen molar-refractivity contribution in [1.82, 2.24) is 9.29 Å². The molecule has 1 aromatic heterocycles. The standard InChI is InChI=1S/C15H21N3O2S.ClH/c1-15(2,10-16)11-18(3)21(19,20)13-8-4-6-12-7-5-9-17-14(12)13;/h4-9H,10-11,16H2,1-3H3;1H. The lowest BCUT2D eigenvalue weighted by atomic mass is 9.94. The van der Waals surface area contributed by atoms with Crippen LogP contribution in [0.3, 0.4) is 0 Å². The molecule has 0 spiro atoms. The molecule has 2 aromatic rings. The van der Waals surface area contributed by atoms with E-state index in [9.17, 15) is 8.42 Å². The van der Waals surface area contributed by atoms with E-state index >= 15 is 0 Å². The molecule has 7 heteroatoms. The van der Waals surface area contributed by atoms with Gasteiger partial charge in [0.25, 0.3) is 0 Å². The maximum absolute atomic E-state index is 12.8. The quantitative estimate of drug-likeness (QED) is 0.903. The molecule has 5 nitrogen and oxygen atoms in total. The Kier molecular flexibility index (Phi) is 5.92. The molecule has 2 N–H and O–H groups in total. The second-order valence-electron chi connectivity index (χ2n) is 5.96. The van der Waals surface area contributed by atoms with Crippen LogP contribution in [0.15, 0.2) is 41.4 Å². The van der Waals surface area contributed by atoms with Crippen molar-refractivity contribution in [2.24, 2.45) is 11.1 Å². The minimum Gasteiger partial charge on any atom is -0.330 e. The summed E-state index contributed by atoms with van der Waals surface area (Å²) in [5.74, 6) is 0. The molecule has 0 aliphatic rings. The van der Waals surface area contributed by atoms with E-state index in [0.29, 0.717) is 18.6 Å². The van der Waals surface area contributed by atoms with Crippen LogP contribution >= 0.6 is 12.4 Å². The lowest BCUT2D eigenvalue weighted by Crippen LogP contribution is -2.39. The third-order valence-corrected chi connectivity index (χ3v) is 5.32. The average molecular weight is 344 g/mol. The van der Waals surface area contributed by atoms with Crippen molar-refractivity contribution < 1.29 is 8.42 Å². The monoisotopic (exact) mass is 343 g/mol. The highest BCUT2D eigenvalue weighted by atomic mass is 35.5. The van der Waals surface area contributed by atoms with E-state index in [1.807, 2.05) is 26.0 Å². The summed E-state index contributed by atoms with van der Waals surface area (Å²) in [7, 11) is -2.02. The second kappa shape index (κ2) is 6.91. The number of sulfonamides is 1. The smallest absolute Gasteiger partial charge is 0.245 e. The summed E-state index contributed by atoms with van der Waals surface area (Å²) in [5, 5.41) is 0.810. The van der Waals surface area contributed by atoms with Gasteiger partial charge in [0, 0.05) is 25.2 Å². The van der Waals surface area contributed by atoms with Crippen molar-refractivity contribution in [3.8, 4) is 0 Å². The molecule has 0 unspecified atom stereocenters. The van der Waals surface area contributed by atoms with Gasteiger partial charge in [0.15, 0.2) is 0 Å². The van der Waals surface area contributed by atoms with Gasteiger partial charge < -0.3 is 5.73 Å². The van der Waals surface area contributed by atoms with Gasteiger partial charge in [-0.1, -0.05) is 32.0 Å². The Morgan fingerprint density at radius 2 is 1.86 bits per heavy atom. The van der Waals surface area contributed by atoms with Gasteiger partial charge >= 0.3 is 0 Å². The summed E-state index contributed by atoms with van der Waals surface area (Å²) in [6.07, 6.45) is 1.60. The molecule has 0 aliphatic heterocycles. The van der Waals surface area contributed by atoms with Gasteiger partial charge in [-0.2, -0.15) is 0 Å². The highest BCUT2D eigenvalue weighted by molar-refractivity contribution is 7.89. The van der Waals surface area contributed by atoms with Gasteiger partial charge in [-0.3, -0.25) is 4.98 Å². The molecular weight excluding hydrogens is 322 g/mol. The molecule has 22 heavy (non-hydrogen) atoms. The number of hydrogen-bond acceptors (Lipinski definition) is 4. The molecule has 0 fully saturated rings. The maximum Gasteiger partial charge on any atom is 0.245 e. The molecular formula is C15H22ClN3O2S. The van der Waals surface area contributed by atoms with E-state index in [4.69, 9.17) is 5.73 Å². The number of nitrogens with two attached hydrogens (primary N) is 1. The predicted molar refractivity (Wildman–Crippen MR) is 91.6 cm³/mol. The van der Waals surface area contributed by atoms with E-state index in [1.165, 1.54) is 4.31 Å². The zero-order valence-corrected chi connectivity index (χ0v) is 14.6. The lowest BCUT2D eigenvalue weighted by Gasteiger charge is -2.28. The molecule has 1 heterocycles. The number of fused-ring (bicyclic) bond motifs is 1. The summed E-state index contributed by atoms with van der Waals surface area (Å²) >= 11 is 0. The fourth-order valence-electron chi connectivity index (χ4n) is 2.20. The average Bonchev–Trinajstić information content (AvgIpc) is 2.46. The Morgan fingerprint density at radius 3 is 2.50 bits per heavy atom. The van der Waals surface area contributed by atoms with E-state index in [-0.39, 0.29) is 22.7 Å². The first kappa shape index (κ1) is 18.8. The summed E-state index contributed by atoms with van der Waals surface area (Å²) in [5.41, 5.74) is 5.91. The molecule has 0 aliphatic carbocycles. The molecule has 2 rings (SSSR count). The number of pyridine rings is 1. The molecule has 1 aromatic carbocycles. The minimum atomic E-state index is -3.59. The van der Waals surface area contributed by atoms with Crippen LogP contribution < -0.4 is 5.73 Å². The molecule has 0 amide bonds. The summed E-state index contributed by atoms with van der Waals surface area (Å²) in [6, 6.07) is 8.83. The fourth-order valence-corrected chi connectivity index (χ4v) is 3.73. The largest absolute Gasteiger partial charge is 0.330 e. The van der Waals surface area contributed by atoms with Crippen LogP contribution in [0.1, 0.15) is 13.8 Å². The van der Waals surface area contributed by atoms with Gasteiger partial charge in [-0.25, -0.2) is 12.7 Å². The summed E-state index contributed by atoms with van der Waals surface area (Å²) in [6.45, 7) is 4.66. The van der Waals surface area contributed by atoms with Crippen molar-refractivity contribution in [3.63, 3.8) is 0 Å². The zero-order chi connectivity index (χ0) is 15.7. The Morgan fingerprint density at radius 1 is 1.23 bits per heavy atom. The van der Waals surface area contributed by atoms with Crippen LogP contribution in [0.5, 0.6) is 0 Å². The molecule has 122 valence electrons. The summed E-state index contributed by atoms with van der Waals surface area (Å²) < 4.78 is 26.9. The second-order valence-corrected chi connectivity index (χ2v) is 7.97. The molecule has 0 atom stereocenters. The molecule has 0 saturated carbocycles. The number of para-hydroxylation sites is 1. The first-order chi connectivity index (χ1) is 9.78. The third kappa shape index (κ3) is 3.76. The Hall–Kier alpha value is -1.21. The normalized spacial score (nSPS) is 12.4. The third-order valence-electron chi connectivity index (χ3n) is 3.49. The van der Waals surface area contributed by atoms with Gasteiger partial charge in [0.2, 0.25) is 10.0 Å². The predicted octanol–water partition coefficient (Wildman–Crippen LogP) is 2.26. The van der Waals surface area contributed by atoms with Crippen molar-refractivity contribution in [2.75, 3.05) is 20.1 Å². The molecule has 0 radical (unpaired) electrons.